The Morgan fingerprint density at radius 1 is 1.29 bits per heavy atom. The van der Waals surface area contributed by atoms with E-state index in [9.17, 15) is 12.8 Å². The number of benzene rings is 1. The molecule has 17 heavy (non-hydrogen) atoms. The van der Waals surface area contributed by atoms with Crippen LogP contribution >= 0.6 is 0 Å². The maximum absolute atomic E-state index is 13.5. The van der Waals surface area contributed by atoms with Gasteiger partial charge in [0, 0.05) is 19.2 Å². The van der Waals surface area contributed by atoms with Crippen LogP contribution in [0.25, 0.3) is 0 Å². The van der Waals surface area contributed by atoms with E-state index in [0.717, 1.165) is 18.2 Å². The first kappa shape index (κ1) is 12.3. The van der Waals surface area contributed by atoms with Crippen molar-refractivity contribution in [3.63, 3.8) is 0 Å². The predicted octanol–water partition coefficient (Wildman–Crippen LogP) is 0.552. The molecule has 2 rings (SSSR count). The molecule has 1 N–H and O–H groups in total. The third-order valence-electron chi connectivity index (χ3n) is 2.50. The van der Waals surface area contributed by atoms with Crippen molar-refractivity contribution in [1.29, 1.82) is 0 Å². The maximum Gasteiger partial charge on any atom is 0.246 e. The highest BCUT2D eigenvalue weighted by Crippen LogP contribution is 2.23. The summed E-state index contributed by atoms with van der Waals surface area (Å²) in [5.41, 5.74) is 0. The molecule has 0 radical (unpaired) electrons. The van der Waals surface area contributed by atoms with Crippen LogP contribution in [0.3, 0.4) is 0 Å². The van der Waals surface area contributed by atoms with Crippen LogP contribution in [0.5, 0.6) is 5.75 Å². The SMILES string of the molecule is O=S(=O)(c1ccc(O)cc1F)N1CCOCC1. The van der Waals surface area contributed by atoms with Crippen molar-refractivity contribution < 1.29 is 22.7 Å². The molecule has 1 fully saturated rings. The molecule has 0 atom stereocenters. The monoisotopic (exact) mass is 261 g/mol. The van der Waals surface area contributed by atoms with E-state index < -0.39 is 20.7 Å². The number of rotatable bonds is 2. The van der Waals surface area contributed by atoms with E-state index >= 15 is 0 Å². The van der Waals surface area contributed by atoms with Gasteiger partial charge in [0.05, 0.1) is 13.2 Å². The molecule has 1 saturated heterocycles. The summed E-state index contributed by atoms with van der Waals surface area (Å²) in [4.78, 5) is -0.419. The number of ether oxygens (including phenoxy) is 1. The highest BCUT2D eigenvalue weighted by Gasteiger charge is 2.28. The highest BCUT2D eigenvalue weighted by molar-refractivity contribution is 7.89. The Balaban J connectivity index is 2.37. The summed E-state index contributed by atoms with van der Waals surface area (Å²) in [6.45, 7) is 1.03. The third-order valence-corrected chi connectivity index (χ3v) is 4.44. The Hall–Kier alpha value is -1.18. The van der Waals surface area contributed by atoms with E-state index in [1.54, 1.807) is 0 Å². The van der Waals surface area contributed by atoms with Gasteiger partial charge in [-0.15, -0.1) is 0 Å². The van der Waals surface area contributed by atoms with Crippen LogP contribution < -0.4 is 0 Å². The van der Waals surface area contributed by atoms with Crippen LogP contribution in [-0.4, -0.2) is 44.1 Å². The summed E-state index contributed by atoms with van der Waals surface area (Å²) in [6.07, 6.45) is 0. The number of halogens is 1. The van der Waals surface area contributed by atoms with Gasteiger partial charge in [0.2, 0.25) is 10.0 Å². The summed E-state index contributed by atoms with van der Waals surface area (Å²) in [5.74, 6) is -1.25. The van der Waals surface area contributed by atoms with Gasteiger partial charge in [0.15, 0.2) is 0 Å². The largest absolute Gasteiger partial charge is 0.508 e. The van der Waals surface area contributed by atoms with Crippen molar-refractivity contribution in [2.75, 3.05) is 26.3 Å². The van der Waals surface area contributed by atoms with Crippen molar-refractivity contribution in [2.45, 2.75) is 4.90 Å². The fraction of sp³-hybridized carbons (Fsp3) is 0.400. The van der Waals surface area contributed by atoms with Gasteiger partial charge in [-0.05, 0) is 12.1 Å². The highest BCUT2D eigenvalue weighted by atomic mass is 32.2. The summed E-state index contributed by atoms with van der Waals surface area (Å²) < 4.78 is 43.9. The van der Waals surface area contributed by atoms with Gasteiger partial charge in [0.1, 0.15) is 16.5 Å². The Labute approximate surface area is 98.5 Å². The standard InChI is InChI=1S/C10H12FNO4S/c11-9-7-8(13)1-2-10(9)17(14,15)12-3-5-16-6-4-12/h1-2,7,13H,3-6H2. The lowest BCUT2D eigenvalue weighted by Crippen LogP contribution is -2.40. The van der Waals surface area contributed by atoms with Crippen molar-refractivity contribution in [1.82, 2.24) is 4.31 Å². The number of sulfonamides is 1. The Morgan fingerprint density at radius 3 is 2.53 bits per heavy atom. The second-order valence-electron chi connectivity index (χ2n) is 3.63. The molecule has 1 heterocycles. The Morgan fingerprint density at radius 2 is 1.94 bits per heavy atom. The number of phenols is 1. The van der Waals surface area contributed by atoms with E-state index in [0.29, 0.717) is 13.2 Å². The normalized spacial score (nSPS) is 18.2. The lowest BCUT2D eigenvalue weighted by atomic mass is 10.3. The first-order valence-corrected chi connectivity index (χ1v) is 6.52. The van der Waals surface area contributed by atoms with Crippen LogP contribution in [0.4, 0.5) is 4.39 Å². The second-order valence-corrected chi connectivity index (χ2v) is 5.54. The minimum absolute atomic E-state index is 0.211. The zero-order valence-electron chi connectivity index (χ0n) is 8.97. The second kappa shape index (κ2) is 4.59. The third kappa shape index (κ3) is 2.41. The van der Waals surface area contributed by atoms with Crippen LogP contribution in [0, 0.1) is 5.82 Å². The van der Waals surface area contributed by atoms with E-state index in [-0.39, 0.29) is 18.8 Å². The topological polar surface area (TPSA) is 66.8 Å². The quantitative estimate of drug-likeness (QED) is 0.844. The number of morpholine rings is 1. The lowest BCUT2D eigenvalue weighted by Gasteiger charge is -2.26. The molecule has 0 bridgehead atoms. The van der Waals surface area contributed by atoms with Crippen LogP contribution in [0.1, 0.15) is 0 Å². The molecule has 0 spiro atoms. The molecule has 1 aliphatic heterocycles. The summed E-state index contributed by atoms with van der Waals surface area (Å²) in [7, 11) is -3.84. The van der Waals surface area contributed by atoms with Crippen molar-refractivity contribution in [3.8, 4) is 5.75 Å². The lowest BCUT2D eigenvalue weighted by molar-refractivity contribution is 0.0729. The smallest absolute Gasteiger partial charge is 0.246 e. The van der Waals surface area contributed by atoms with Crippen LogP contribution in [0.15, 0.2) is 23.1 Å². The molecule has 0 aliphatic carbocycles. The van der Waals surface area contributed by atoms with E-state index in [1.807, 2.05) is 0 Å². The van der Waals surface area contributed by atoms with Gasteiger partial charge >= 0.3 is 0 Å². The molecule has 0 unspecified atom stereocenters. The van der Waals surface area contributed by atoms with Gasteiger partial charge in [-0.1, -0.05) is 0 Å². The number of hydrogen-bond acceptors (Lipinski definition) is 4. The molecule has 7 heteroatoms. The van der Waals surface area contributed by atoms with Crippen molar-refractivity contribution >= 4 is 10.0 Å². The molecular weight excluding hydrogens is 249 g/mol. The fourth-order valence-electron chi connectivity index (χ4n) is 1.62. The molecule has 94 valence electrons. The average molecular weight is 261 g/mol. The predicted molar refractivity (Wildman–Crippen MR) is 57.6 cm³/mol. The zero-order valence-corrected chi connectivity index (χ0v) is 9.78. The van der Waals surface area contributed by atoms with Crippen LogP contribution in [-0.2, 0) is 14.8 Å². The van der Waals surface area contributed by atoms with Gasteiger partial charge < -0.3 is 9.84 Å². The molecule has 1 aromatic rings. The fourth-order valence-corrected chi connectivity index (χ4v) is 3.08. The number of nitrogens with zero attached hydrogens (tertiary/aromatic N) is 1. The Kier molecular flexibility index (Phi) is 3.32. The molecular formula is C10H12FNO4S. The van der Waals surface area contributed by atoms with Gasteiger partial charge in [-0.2, -0.15) is 4.31 Å². The number of phenolic OH excluding ortho intramolecular Hbond substituents is 1. The molecule has 1 aliphatic rings. The summed E-state index contributed by atoms with van der Waals surface area (Å²) in [5, 5.41) is 9.05. The van der Waals surface area contributed by atoms with E-state index in [2.05, 4.69) is 0 Å². The minimum atomic E-state index is -3.84. The summed E-state index contributed by atoms with van der Waals surface area (Å²) >= 11 is 0. The van der Waals surface area contributed by atoms with E-state index in [4.69, 9.17) is 9.84 Å². The maximum atomic E-state index is 13.5. The van der Waals surface area contributed by atoms with Gasteiger partial charge in [-0.3, -0.25) is 0 Å². The van der Waals surface area contributed by atoms with Gasteiger partial charge in [0.25, 0.3) is 0 Å². The minimum Gasteiger partial charge on any atom is -0.508 e. The van der Waals surface area contributed by atoms with Gasteiger partial charge in [-0.25, -0.2) is 12.8 Å². The first-order valence-electron chi connectivity index (χ1n) is 5.08. The molecule has 0 aromatic heterocycles. The number of hydrogen-bond donors (Lipinski definition) is 1. The van der Waals surface area contributed by atoms with Crippen molar-refractivity contribution in [3.05, 3.63) is 24.0 Å². The Bertz CT molecular complexity index is 511. The molecule has 5 nitrogen and oxygen atoms in total. The zero-order chi connectivity index (χ0) is 12.5. The molecule has 0 amide bonds. The van der Waals surface area contributed by atoms with E-state index in [1.165, 1.54) is 4.31 Å². The average Bonchev–Trinajstić information content (AvgIpc) is 2.29. The van der Waals surface area contributed by atoms with Crippen molar-refractivity contribution in [2.24, 2.45) is 0 Å². The summed E-state index contributed by atoms with van der Waals surface area (Å²) in [6, 6.07) is 3.00. The molecule has 1 aromatic carbocycles. The number of aromatic hydroxyl groups is 1. The molecule has 0 saturated carbocycles. The van der Waals surface area contributed by atoms with Crippen LogP contribution in [0.2, 0.25) is 0 Å². The first-order chi connectivity index (χ1) is 8.01.